The van der Waals surface area contributed by atoms with Crippen molar-refractivity contribution in [3.05, 3.63) is 58.6 Å². The number of aryl methyl sites for hydroxylation is 1. The maximum atomic E-state index is 12.1. The zero-order valence-electron chi connectivity index (χ0n) is 14.0. The SMILES string of the molecule is CCc1ccc(OCC(=O)NNC(=O)c2ccc(Cl)cc2OC)cc1. The Morgan fingerprint density at radius 2 is 1.80 bits per heavy atom. The summed E-state index contributed by atoms with van der Waals surface area (Å²) in [4.78, 5) is 23.9. The van der Waals surface area contributed by atoms with Crippen molar-refractivity contribution in [2.45, 2.75) is 13.3 Å². The van der Waals surface area contributed by atoms with Gasteiger partial charge in [0.2, 0.25) is 0 Å². The molecule has 0 bridgehead atoms. The van der Waals surface area contributed by atoms with Crippen LogP contribution in [-0.4, -0.2) is 25.5 Å². The van der Waals surface area contributed by atoms with Gasteiger partial charge in [0.25, 0.3) is 11.8 Å². The Balaban J connectivity index is 1.83. The molecule has 0 radical (unpaired) electrons. The number of amides is 2. The van der Waals surface area contributed by atoms with Gasteiger partial charge in [-0.2, -0.15) is 0 Å². The van der Waals surface area contributed by atoms with Gasteiger partial charge in [0, 0.05) is 5.02 Å². The summed E-state index contributed by atoms with van der Waals surface area (Å²) in [6.07, 6.45) is 0.932. The maximum Gasteiger partial charge on any atom is 0.276 e. The molecule has 0 aliphatic rings. The lowest BCUT2D eigenvalue weighted by Crippen LogP contribution is -2.43. The van der Waals surface area contributed by atoms with E-state index in [1.165, 1.54) is 24.8 Å². The van der Waals surface area contributed by atoms with Gasteiger partial charge >= 0.3 is 0 Å². The lowest BCUT2D eigenvalue weighted by Gasteiger charge is -2.11. The predicted molar refractivity (Wildman–Crippen MR) is 94.9 cm³/mol. The van der Waals surface area contributed by atoms with E-state index >= 15 is 0 Å². The Bertz CT molecular complexity index is 747. The Morgan fingerprint density at radius 3 is 2.44 bits per heavy atom. The summed E-state index contributed by atoms with van der Waals surface area (Å²) in [7, 11) is 1.43. The molecule has 0 aromatic heterocycles. The fourth-order valence-corrected chi connectivity index (χ4v) is 2.21. The zero-order chi connectivity index (χ0) is 18.2. The molecule has 2 aromatic carbocycles. The monoisotopic (exact) mass is 362 g/mol. The van der Waals surface area contributed by atoms with Crippen LogP contribution in [0, 0.1) is 0 Å². The van der Waals surface area contributed by atoms with E-state index in [1.54, 1.807) is 18.2 Å². The molecule has 25 heavy (non-hydrogen) atoms. The highest BCUT2D eigenvalue weighted by molar-refractivity contribution is 6.30. The van der Waals surface area contributed by atoms with E-state index in [4.69, 9.17) is 21.1 Å². The number of hydrogen-bond acceptors (Lipinski definition) is 4. The third-order valence-corrected chi connectivity index (χ3v) is 3.66. The number of hydrazine groups is 1. The van der Waals surface area contributed by atoms with Crippen LogP contribution < -0.4 is 20.3 Å². The molecule has 2 N–H and O–H groups in total. The largest absolute Gasteiger partial charge is 0.496 e. The van der Waals surface area contributed by atoms with E-state index in [-0.39, 0.29) is 12.2 Å². The third kappa shape index (κ3) is 5.39. The molecule has 2 rings (SSSR count). The molecule has 0 aliphatic heterocycles. The van der Waals surface area contributed by atoms with Crippen LogP contribution in [-0.2, 0) is 11.2 Å². The molecule has 7 heteroatoms. The highest BCUT2D eigenvalue weighted by atomic mass is 35.5. The molecule has 0 atom stereocenters. The van der Waals surface area contributed by atoms with Gasteiger partial charge in [-0.3, -0.25) is 20.4 Å². The van der Waals surface area contributed by atoms with Crippen LogP contribution in [0.1, 0.15) is 22.8 Å². The fourth-order valence-electron chi connectivity index (χ4n) is 2.05. The van der Waals surface area contributed by atoms with Crippen LogP contribution in [0.15, 0.2) is 42.5 Å². The van der Waals surface area contributed by atoms with E-state index in [0.717, 1.165) is 6.42 Å². The van der Waals surface area contributed by atoms with Gasteiger partial charge < -0.3 is 9.47 Å². The molecule has 0 saturated heterocycles. The first-order chi connectivity index (χ1) is 12.0. The van der Waals surface area contributed by atoms with Crippen molar-refractivity contribution in [3.63, 3.8) is 0 Å². The second kappa shape index (κ2) is 8.94. The number of nitrogens with one attached hydrogen (secondary N) is 2. The van der Waals surface area contributed by atoms with Gasteiger partial charge in [-0.15, -0.1) is 0 Å². The first-order valence-electron chi connectivity index (χ1n) is 7.68. The lowest BCUT2D eigenvalue weighted by molar-refractivity contribution is -0.123. The number of hydrogen-bond donors (Lipinski definition) is 2. The number of carbonyl (C=O) groups excluding carboxylic acids is 2. The van der Waals surface area contributed by atoms with Crippen molar-refractivity contribution in [1.29, 1.82) is 0 Å². The normalized spacial score (nSPS) is 10.0. The molecule has 6 nitrogen and oxygen atoms in total. The third-order valence-electron chi connectivity index (χ3n) is 3.43. The van der Waals surface area contributed by atoms with Crippen molar-refractivity contribution in [3.8, 4) is 11.5 Å². The van der Waals surface area contributed by atoms with Crippen LogP contribution in [0.4, 0.5) is 0 Å². The molecular weight excluding hydrogens is 344 g/mol. The van der Waals surface area contributed by atoms with Gasteiger partial charge in [0.05, 0.1) is 12.7 Å². The number of carbonyl (C=O) groups is 2. The fraction of sp³-hybridized carbons (Fsp3) is 0.222. The van der Waals surface area contributed by atoms with Crippen LogP contribution in [0.3, 0.4) is 0 Å². The quantitative estimate of drug-likeness (QED) is 0.775. The number of methoxy groups -OCH3 is 1. The smallest absolute Gasteiger partial charge is 0.276 e. The number of benzene rings is 2. The Kier molecular flexibility index (Phi) is 6.65. The van der Waals surface area contributed by atoms with Crippen LogP contribution in [0.25, 0.3) is 0 Å². The van der Waals surface area contributed by atoms with E-state index in [0.29, 0.717) is 16.5 Å². The van der Waals surface area contributed by atoms with Gasteiger partial charge in [-0.1, -0.05) is 30.7 Å². The Morgan fingerprint density at radius 1 is 1.08 bits per heavy atom. The molecule has 2 aromatic rings. The van der Waals surface area contributed by atoms with E-state index in [1.807, 2.05) is 12.1 Å². The zero-order valence-corrected chi connectivity index (χ0v) is 14.7. The van der Waals surface area contributed by atoms with E-state index < -0.39 is 11.8 Å². The average molecular weight is 363 g/mol. The summed E-state index contributed by atoms with van der Waals surface area (Å²) in [5.74, 6) is -0.112. The minimum Gasteiger partial charge on any atom is -0.496 e. The van der Waals surface area contributed by atoms with Crippen molar-refractivity contribution in [2.75, 3.05) is 13.7 Å². The van der Waals surface area contributed by atoms with Gasteiger partial charge in [0.15, 0.2) is 6.61 Å². The molecule has 0 heterocycles. The van der Waals surface area contributed by atoms with Crippen molar-refractivity contribution in [2.24, 2.45) is 0 Å². The number of rotatable bonds is 6. The second-order valence-electron chi connectivity index (χ2n) is 5.13. The highest BCUT2D eigenvalue weighted by Gasteiger charge is 2.13. The van der Waals surface area contributed by atoms with E-state index in [2.05, 4.69) is 17.8 Å². The van der Waals surface area contributed by atoms with Crippen LogP contribution in [0.2, 0.25) is 5.02 Å². The van der Waals surface area contributed by atoms with Gasteiger partial charge in [-0.05, 0) is 42.3 Å². The van der Waals surface area contributed by atoms with E-state index in [9.17, 15) is 9.59 Å². The molecule has 2 amide bonds. The summed E-state index contributed by atoms with van der Waals surface area (Å²) in [6.45, 7) is 1.84. The summed E-state index contributed by atoms with van der Waals surface area (Å²) < 4.78 is 10.5. The summed E-state index contributed by atoms with van der Waals surface area (Å²) in [5.41, 5.74) is 6.03. The lowest BCUT2D eigenvalue weighted by atomic mass is 10.2. The first kappa shape index (κ1) is 18.6. The topological polar surface area (TPSA) is 76.7 Å². The standard InChI is InChI=1S/C18H19ClN2O4/c1-3-12-4-7-14(8-5-12)25-11-17(22)20-21-18(23)15-9-6-13(19)10-16(15)24-2/h4-10H,3,11H2,1-2H3,(H,20,22)(H,21,23). The van der Waals surface area contributed by atoms with Crippen molar-refractivity contribution in [1.82, 2.24) is 10.9 Å². The molecule has 132 valence electrons. The first-order valence-corrected chi connectivity index (χ1v) is 8.05. The van der Waals surface area contributed by atoms with Crippen LogP contribution >= 0.6 is 11.6 Å². The summed E-state index contributed by atoms with van der Waals surface area (Å²) >= 11 is 5.85. The minimum atomic E-state index is -0.519. The summed E-state index contributed by atoms with van der Waals surface area (Å²) in [5, 5.41) is 0.444. The second-order valence-corrected chi connectivity index (χ2v) is 5.57. The van der Waals surface area contributed by atoms with Crippen molar-refractivity contribution < 1.29 is 19.1 Å². The van der Waals surface area contributed by atoms with Crippen LogP contribution in [0.5, 0.6) is 11.5 Å². The predicted octanol–water partition coefficient (Wildman–Crippen LogP) is 2.75. The van der Waals surface area contributed by atoms with Gasteiger partial charge in [0.1, 0.15) is 11.5 Å². The molecular formula is C18H19ClN2O4. The summed E-state index contributed by atoms with van der Waals surface area (Å²) in [6, 6.07) is 12.0. The highest BCUT2D eigenvalue weighted by Crippen LogP contribution is 2.22. The molecule has 0 unspecified atom stereocenters. The molecule has 0 aliphatic carbocycles. The molecule has 0 saturated carbocycles. The number of halogens is 1. The van der Waals surface area contributed by atoms with Gasteiger partial charge in [-0.25, -0.2) is 0 Å². The molecule has 0 spiro atoms. The number of ether oxygens (including phenoxy) is 2. The average Bonchev–Trinajstić information content (AvgIpc) is 2.64. The van der Waals surface area contributed by atoms with Crippen molar-refractivity contribution >= 4 is 23.4 Å². The Hall–Kier alpha value is -2.73. The molecule has 0 fully saturated rings. The maximum absolute atomic E-state index is 12.1. The Labute approximate surface area is 151 Å². The minimum absolute atomic E-state index is 0.219.